The molecule has 0 saturated heterocycles. The summed E-state index contributed by atoms with van der Waals surface area (Å²) in [6.07, 6.45) is 0.320. The van der Waals surface area contributed by atoms with Crippen LogP contribution in [0.15, 0.2) is 42.5 Å². The number of nitrogens with zero attached hydrogens (tertiary/aromatic N) is 1. The number of aromatic nitrogens is 1. The van der Waals surface area contributed by atoms with E-state index in [4.69, 9.17) is 25.8 Å². The molecule has 2 aliphatic rings. The summed E-state index contributed by atoms with van der Waals surface area (Å²) in [6, 6.07) is 12.1. The Morgan fingerprint density at radius 2 is 2.00 bits per heavy atom. The van der Waals surface area contributed by atoms with Crippen LogP contribution in [0, 0.1) is 0 Å². The molecule has 30 heavy (non-hydrogen) atoms. The van der Waals surface area contributed by atoms with E-state index in [9.17, 15) is 9.59 Å². The fraction of sp³-hybridized carbons (Fsp3) is 0.273. The second-order valence-electron chi connectivity index (χ2n) is 7.26. The molecule has 0 spiro atoms. The number of esters is 1. The number of aromatic amines is 1. The Hall–Kier alpha value is -3.19. The number of hydrogen-bond acceptors (Lipinski definition) is 5. The van der Waals surface area contributed by atoms with Crippen LogP contribution in [-0.4, -0.2) is 47.6 Å². The van der Waals surface area contributed by atoms with E-state index in [1.807, 2.05) is 42.5 Å². The molecule has 154 valence electrons. The van der Waals surface area contributed by atoms with Gasteiger partial charge in [-0.3, -0.25) is 4.79 Å². The number of H-pyrrole nitrogens is 1. The minimum absolute atomic E-state index is 0.150. The van der Waals surface area contributed by atoms with E-state index < -0.39 is 18.1 Å². The first-order chi connectivity index (χ1) is 14.6. The molecule has 2 atom stereocenters. The van der Waals surface area contributed by atoms with Crippen molar-refractivity contribution in [2.75, 3.05) is 19.8 Å². The lowest BCUT2D eigenvalue weighted by atomic mass is 9.86. The molecule has 0 aliphatic carbocycles. The first kappa shape index (κ1) is 18.8. The van der Waals surface area contributed by atoms with Crippen molar-refractivity contribution in [3.63, 3.8) is 0 Å². The van der Waals surface area contributed by atoms with Gasteiger partial charge in [0.1, 0.15) is 11.9 Å². The normalized spacial score (nSPS) is 19.6. The lowest BCUT2D eigenvalue weighted by molar-refractivity contribution is -0.154. The quantitative estimate of drug-likeness (QED) is 0.514. The lowest BCUT2D eigenvalue weighted by Gasteiger charge is -2.41. The molecule has 1 N–H and O–H groups in total. The van der Waals surface area contributed by atoms with E-state index in [0.29, 0.717) is 17.9 Å². The van der Waals surface area contributed by atoms with Crippen LogP contribution in [0.25, 0.3) is 10.9 Å². The van der Waals surface area contributed by atoms with Crippen LogP contribution < -0.4 is 9.47 Å². The second-order valence-corrected chi connectivity index (χ2v) is 7.52. The predicted octanol–water partition coefficient (Wildman–Crippen LogP) is 3.15. The van der Waals surface area contributed by atoms with Gasteiger partial charge in [0.2, 0.25) is 12.7 Å². The highest BCUT2D eigenvalue weighted by molar-refractivity contribution is 6.27. The van der Waals surface area contributed by atoms with Crippen molar-refractivity contribution in [2.45, 2.75) is 18.5 Å². The third-order valence-corrected chi connectivity index (χ3v) is 5.93. The molecule has 3 heterocycles. The molecule has 7 nitrogen and oxygen atoms in total. The van der Waals surface area contributed by atoms with Gasteiger partial charge in [0, 0.05) is 28.6 Å². The standard InChI is InChI=1S/C22H19ClN2O5/c1-28-22(27)16-9-15-20(13-4-2-3-5-14(13)24-15)21(25(16)19(26)10-23)12-6-7-17-18(8-12)30-11-29-17/h2-8,16,21,24H,9-11H2,1H3/t16-,21-/m1/s1. The summed E-state index contributed by atoms with van der Waals surface area (Å²) in [5, 5.41) is 0.992. The zero-order valence-electron chi connectivity index (χ0n) is 16.2. The highest BCUT2D eigenvalue weighted by Crippen LogP contribution is 2.44. The summed E-state index contributed by atoms with van der Waals surface area (Å²) in [5.74, 6) is 0.182. The molecule has 0 saturated carbocycles. The molecule has 0 bridgehead atoms. The minimum atomic E-state index is -0.794. The van der Waals surface area contributed by atoms with E-state index in [-0.39, 0.29) is 18.6 Å². The fourth-order valence-corrected chi connectivity index (χ4v) is 4.57. The van der Waals surface area contributed by atoms with Crippen molar-refractivity contribution < 1.29 is 23.8 Å². The van der Waals surface area contributed by atoms with Crippen molar-refractivity contribution in [1.29, 1.82) is 0 Å². The number of hydrogen-bond donors (Lipinski definition) is 1. The number of fused-ring (bicyclic) bond motifs is 4. The summed E-state index contributed by atoms with van der Waals surface area (Å²) in [4.78, 5) is 30.6. The Morgan fingerprint density at radius 1 is 1.20 bits per heavy atom. The van der Waals surface area contributed by atoms with Gasteiger partial charge in [0.25, 0.3) is 0 Å². The summed E-state index contributed by atoms with van der Waals surface area (Å²) in [6.45, 7) is 0.150. The number of halogens is 1. The Labute approximate surface area is 177 Å². The van der Waals surface area contributed by atoms with Crippen molar-refractivity contribution in [3.05, 3.63) is 59.3 Å². The number of benzene rings is 2. The average Bonchev–Trinajstić information content (AvgIpc) is 3.40. The van der Waals surface area contributed by atoms with Crippen LogP contribution in [0.3, 0.4) is 0 Å². The van der Waals surface area contributed by atoms with Crippen molar-refractivity contribution in [1.82, 2.24) is 9.88 Å². The number of rotatable bonds is 3. The van der Waals surface area contributed by atoms with Gasteiger partial charge in [0.05, 0.1) is 13.2 Å². The predicted molar refractivity (Wildman–Crippen MR) is 110 cm³/mol. The van der Waals surface area contributed by atoms with Crippen LogP contribution >= 0.6 is 11.6 Å². The molecule has 8 heteroatoms. The van der Waals surface area contributed by atoms with Gasteiger partial charge in [-0.05, 0) is 23.8 Å². The highest BCUT2D eigenvalue weighted by atomic mass is 35.5. The third kappa shape index (κ3) is 2.81. The van der Waals surface area contributed by atoms with E-state index in [2.05, 4.69) is 4.98 Å². The number of carbonyl (C=O) groups is 2. The van der Waals surface area contributed by atoms with Crippen molar-refractivity contribution >= 4 is 34.4 Å². The molecule has 2 aliphatic heterocycles. The van der Waals surface area contributed by atoms with Crippen LogP contribution in [-0.2, 0) is 20.7 Å². The van der Waals surface area contributed by atoms with Gasteiger partial charge in [-0.2, -0.15) is 0 Å². The number of para-hydroxylation sites is 1. The Balaban J connectivity index is 1.76. The SMILES string of the molecule is COC(=O)[C@H]1Cc2[nH]c3ccccc3c2[C@@H](c2ccc3c(c2)OCO3)N1C(=O)CCl. The van der Waals surface area contributed by atoms with Gasteiger partial charge in [-0.1, -0.05) is 24.3 Å². The second kappa shape index (κ2) is 7.25. The molecule has 3 aromatic rings. The van der Waals surface area contributed by atoms with E-state index in [0.717, 1.165) is 27.7 Å². The first-order valence-corrected chi connectivity index (χ1v) is 10.1. The van der Waals surface area contributed by atoms with Gasteiger partial charge in [-0.15, -0.1) is 11.6 Å². The molecule has 1 amide bonds. The zero-order chi connectivity index (χ0) is 20.8. The third-order valence-electron chi connectivity index (χ3n) is 5.70. The maximum absolute atomic E-state index is 13.0. The number of carbonyl (C=O) groups excluding carboxylic acids is 2. The Kier molecular flexibility index (Phi) is 4.55. The average molecular weight is 427 g/mol. The van der Waals surface area contributed by atoms with Crippen LogP contribution in [0.2, 0.25) is 0 Å². The number of methoxy groups -OCH3 is 1. The molecule has 0 unspecified atom stereocenters. The minimum Gasteiger partial charge on any atom is -0.467 e. The van der Waals surface area contributed by atoms with Gasteiger partial charge in [-0.25, -0.2) is 4.79 Å². The summed E-state index contributed by atoms with van der Waals surface area (Å²) in [7, 11) is 1.32. The highest BCUT2D eigenvalue weighted by Gasteiger charge is 2.44. The topological polar surface area (TPSA) is 80.9 Å². The molecule has 0 fully saturated rings. The molecule has 2 aromatic carbocycles. The maximum atomic E-state index is 13.0. The fourth-order valence-electron chi connectivity index (χ4n) is 4.43. The smallest absolute Gasteiger partial charge is 0.329 e. The molecule has 0 radical (unpaired) electrons. The van der Waals surface area contributed by atoms with Crippen molar-refractivity contribution in [3.8, 4) is 11.5 Å². The largest absolute Gasteiger partial charge is 0.467 e. The summed E-state index contributed by atoms with van der Waals surface area (Å²) < 4.78 is 16.0. The van der Waals surface area contributed by atoms with Crippen LogP contribution in [0.5, 0.6) is 11.5 Å². The molecular weight excluding hydrogens is 408 g/mol. The number of ether oxygens (including phenoxy) is 3. The monoisotopic (exact) mass is 426 g/mol. The Bertz CT molecular complexity index is 1160. The summed E-state index contributed by atoms with van der Waals surface area (Å²) >= 11 is 5.97. The van der Waals surface area contributed by atoms with Gasteiger partial charge >= 0.3 is 5.97 Å². The van der Waals surface area contributed by atoms with E-state index >= 15 is 0 Å². The number of alkyl halides is 1. The maximum Gasteiger partial charge on any atom is 0.329 e. The van der Waals surface area contributed by atoms with E-state index in [1.54, 1.807) is 4.90 Å². The lowest BCUT2D eigenvalue weighted by Crippen LogP contribution is -2.52. The number of nitrogens with one attached hydrogen (secondary N) is 1. The molecule has 1 aromatic heterocycles. The summed E-state index contributed by atoms with van der Waals surface area (Å²) in [5.41, 5.74) is 3.59. The first-order valence-electron chi connectivity index (χ1n) is 9.56. The van der Waals surface area contributed by atoms with Crippen LogP contribution in [0.1, 0.15) is 22.9 Å². The van der Waals surface area contributed by atoms with Crippen molar-refractivity contribution in [2.24, 2.45) is 0 Å². The van der Waals surface area contributed by atoms with Crippen LogP contribution in [0.4, 0.5) is 0 Å². The molecular formula is C22H19ClN2O5. The zero-order valence-corrected chi connectivity index (χ0v) is 16.9. The van der Waals surface area contributed by atoms with Gasteiger partial charge in [0.15, 0.2) is 11.5 Å². The molecule has 5 rings (SSSR count). The number of amides is 1. The van der Waals surface area contributed by atoms with E-state index in [1.165, 1.54) is 7.11 Å². The van der Waals surface area contributed by atoms with Gasteiger partial charge < -0.3 is 24.1 Å². The Morgan fingerprint density at radius 3 is 2.80 bits per heavy atom.